The maximum Gasteiger partial charge on any atom is 0.123 e. The molecule has 0 radical (unpaired) electrons. The second-order valence-corrected chi connectivity index (χ2v) is 4.92. The molecule has 0 N–H and O–H groups in total. The van der Waals surface area contributed by atoms with Crippen molar-refractivity contribution in [1.29, 1.82) is 0 Å². The van der Waals surface area contributed by atoms with Crippen LogP contribution in [0.3, 0.4) is 0 Å². The van der Waals surface area contributed by atoms with Crippen molar-refractivity contribution in [3.8, 4) is 11.5 Å². The Hall–Kier alpha value is -1.96. The maximum absolute atomic E-state index is 5.82. The van der Waals surface area contributed by atoms with E-state index in [2.05, 4.69) is 12.1 Å². The predicted octanol–water partition coefficient (Wildman–Crippen LogP) is 5.39. The van der Waals surface area contributed by atoms with Gasteiger partial charge >= 0.3 is 0 Å². The lowest BCUT2D eigenvalue weighted by atomic mass is 10.2. The van der Waals surface area contributed by atoms with Crippen molar-refractivity contribution in [2.75, 3.05) is 0 Å². The number of hydrogen-bond donors (Lipinski definition) is 0. The first kappa shape index (κ1) is 17.1. The molecule has 21 heavy (non-hydrogen) atoms. The third kappa shape index (κ3) is 6.35. The molecule has 2 aromatic carbocycles. The molecule has 0 bridgehead atoms. The summed E-state index contributed by atoms with van der Waals surface area (Å²) >= 11 is 0. The molecule has 0 aliphatic carbocycles. The van der Waals surface area contributed by atoms with Gasteiger partial charge < -0.3 is 9.47 Å². The fraction of sp³-hybridized carbons (Fsp3) is 0.368. The number of benzene rings is 2. The summed E-state index contributed by atoms with van der Waals surface area (Å²) in [7, 11) is 0. The molecule has 0 unspecified atom stereocenters. The summed E-state index contributed by atoms with van der Waals surface area (Å²) in [5.41, 5.74) is 2.30. The van der Waals surface area contributed by atoms with Crippen molar-refractivity contribution in [3.63, 3.8) is 0 Å². The van der Waals surface area contributed by atoms with E-state index in [0.717, 1.165) is 22.6 Å². The molecule has 0 spiro atoms. The molecule has 2 rings (SSSR count). The lowest BCUT2D eigenvalue weighted by Gasteiger charge is -2.13. The van der Waals surface area contributed by atoms with E-state index in [9.17, 15) is 0 Å². The van der Waals surface area contributed by atoms with Gasteiger partial charge in [-0.2, -0.15) is 0 Å². The summed E-state index contributed by atoms with van der Waals surface area (Å²) < 4.78 is 11.5. The monoisotopic (exact) mass is 286 g/mol. The smallest absolute Gasteiger partial charge is 0.123 e. The zero-order valence-corrected chi connectivity index (χ0v) is 13.7. The molecule has 0 fully saturated rings. The van der Waals surface area contributed by atoms with Crippen molar-refractivity contribution in [2.24, 2.45) is 0 Å². The number of hydrogen-bond acceptors (Lipinski definition) is 2. The Morgan fingerprint density at radius 2 is 1.52 bits per heavy atom. The van der Waals surface area contributed by atoms with Crippen LogP contribution in [0.1, 0.15) is 38.8 Å². The summed E-state index contributed by atoms with van der Waals surface area (Å²) in [6.45, 7) is 10.7. The van der Waals surface area contributed by atoms with Crippen LogP contribution >= 0.6 is 0 Å². The highest BCUT2D eigenvalue weighted by molar-refractivity contribution is 5.38. The van der Waals surface area contributed by atoms with Gasteiger partial charge in [-0.25, -0.2) is 0 Å². The van der Waals surface area contributed by atoms with Gasteiger partial charge in [0, 0.05) is 6.07 Å². The number of aryl methyl sites for hydroxylation is 1. The van der Waals surface area contributed by atoms with E-state index in [1.807, 2.05) is 71.0 Å². The van der Waals surface area contributed by atoms with Gasteiger partial charge in [-0.3, -0.25) is 0 Å². The first-order valence-corrected chi connectivity index (χ1v) is 7.58. The van der Waals surface area contributed by atoms with Crippen LogP contribution in [-0.2, 0) is 6.61 Å². The molecule has 0 aromatic heterocycles. The Morgan fingerprint density at radius 1 is 0.905 bits per heavy atom. The average molecular weight is 286 g/mol. The zero-order chi connectivity index (χ0) is 15.7. The second kappa shape index (κ2) is 9.06. The normalized spacial score (nSPS) is 9.81. The molecule has 2 nitrogen and oxygen atoms in total. The van der Waals surface area contributed by atoms with Gasteiger partial charge in [0.15, 0.2) is 0 Å². The van der Waals surface area contributed by atoms with E-state index in [-0.39, 0.29) is 6.10 Å². The minimum Gasteiger partial charge on any atom is -0.491 e. The first-order chi connectivity index (χ1) is 10.1. The standard InChI is InChI=1S/C17H20O2.C2H6/c1-13(2)19-17-10-14(3)9-16(11-17)18-12-15-7-5-4-6-8-15;1-2/h4-11,13H,12H2,1-3H3;1-2H3. The SMILES string of the molecule is CC.Cc1cc(OCc2ccccc2)cc(OC(C)C)c1. The van der Waals surface area contributed by atoms with Crippen LogP contribution in [0.5, 0.6) is 11.5 Å². The van der Waals surface area contributed by atoms with Gasteiger partial charge in [0.1, 0.15) is 18.1 Å². The van der Waals surface area contributed by atoms with Gasteiger partial charge in [0.25, 0.3) is 0 Å². The van der Waals surface area contributed by atoms with Crippen LogP contribution in [0.15, 0.2) is 48.5 Å². The lowest BCUT2D eigenvalue weighted by Crippen LogP contribution is -2.06. The third-order valence-corrected chi connectivity index (χ3v) is 2.64. The van der Waals surface area contributed by atoms with E-state index < -0.39 is 0 Å². The van der Waals surface area contributed by atoms with Crippen LogP contribution < -0.4 is 9.47 Å². The predicted molar refractivity (Wildman–Crippen MR) is 89.1 cm³/mol. The molecule has 2 heteroatoms. The molecule has 0 heterocycles. The average Bonchev–Trinajstić information content (AvgIpc) is 2.47. The fourth-order valence-electron chi connectivity index (χ4n) is 1.88. The van der Waals surface area contributed by atoms with Gasteiger partial charge in [0.2, 0.25) is 0 Å². The fourth-order valence-corrected chi connectivity index (χ4v) is 1.88. The van der Waals surface area contributed by atoms with Gasteiger partial charge in [-0.15, -0.1) is 0 Å². The quantitative estimate of drug-likeness (QED) is 0.734. The molecular weight excluding hydrogens is 260 g/mol. The van der Waals surface area contributed by atoms with Crippen LogP contribution in [0.2, 0.25) is 0 Å². The Morgan fingerprint density at radius 3 is 2.14 bits per heavy atom. The molecule has 114 valence electrons. The molecule has 2 aromatic rings. The van der Waals surface area contributed by atoms with Crippen LogP contribution in [0.25, 0.3) is 0 Å². The number of ether oxygens (including phenoxy) is 2. The minimum absolute atomic E-state index is 0.170. The van der Waals surface area contributed by atoms with E-state index >= 15 is 0 Å². The minimum atomic E-state index is 0.170. The van der Waals surface area contributed by atoms with Crippen molar-refractivity contribution in [2.45, 2.75) is 47.3 Å². The highest BCUT2D eigenvalue weighted by Crippen LogP contribution is 2.24. The summed E-state index contributed by atoms with van der Waals surface area (Å²) in [5, 5.41) is 0. The molecule has 0 atom stereocenters. The second-order valence-electron chi connectivity index (χ2n) is 4.92. The van der Waals surface area contributed by atoms with E-state index in [0.29, 0.717) is 6.61 Å². The molecular formula is C19H26O2. The Kier molecular flexibility index (Phi) is 7.38. The van der Waals surface area contributed by atoms with Crippen LogP contribution in [-0.4, -0.2) is 6.10 Å². The van der Waals surface area contributed by atoms with Crippen molar-refractivity contribution >= 4 is 0 Å². The van der Waals surface area contributed by atoms with Gasteiger partial charge in [-0.1, -0.05) is 44.2 Å². The topological polar surface area (TPSA) is 18.5 Å². The zero-order valence-electron chi connectivity index (χ0n) is 13.7. The van der Waals surface area contributed by atoms with Crippen molar-refractivity contribution in [3.05, 3.63) is 59.7 Å². The maximum atomic E-state index is 5.82. The Bertz CT molecular complexity index is 518. The van der Waals surface area contributed by atoms with Crippen LogP contribution in [0, 0.1) is 6.92 Å². The molecule has 0 aliphatic rings. The van der Waals surface area contributed by atoms with Gasteiger partial charge in [0.05, 0.1) is 6.10 Å². The molecule has 0 saturated carbocycles. The summed E-state index contributed by atoms with van der Waals surface area (Å²) in [4.78, 5) is 0. The highest BCUT2D eigenvalue weighted by Gasteiger charge is 2.03. The summed E-state index contributed by atoms with van der Waals surface area (Å²) in [6, 6.07) is 16.1. The summed E-state index contributed by atoms with van der Waals surface area (Å²) in [5.74, 6) is 1.71. The largest absolute Gasteiger partial charge is 0.491 e. The van der Waals surface area contributed by atoms with Crippen molar-refractivity contribution < 1.29 is 9.47 Å². The first-order valence-electron chi connectivity index (χ1n) is 7.58. The van der Waals surface area contributed by atoms with Gasteiger partial charge in [-0.05, 0) is 44.0 Å². The molecule has 0 saturated heterocycles. The Labute approximate surface area is 128 Å². The van der Waals surface area contributed by atoms with E-state index in [4.69, 9.17) is 9.47 Å². The highest BCUT2D eigenvalue weighted by atomic mass is 16.5. The number of rotatable bonds is 5. The summed E-state index contributed by atoms with van der Waals surface area (Å²) in [6.07, 6.45) is 0.170. The lowest BCUT2D eigenvalue weighted by molar-refractivity contribution is 0.239. The van der Waals surface area contributed by atoms with E-state index in [1.165, 1.54) is 0 Å². The van der Waals surface area contributed by atoms with Crippen LogP contribution in [0.4, 0.5) is 0 Å². The third-order valence-electron chi connectivity index (χ3n) is 2.64. The Balaban J connectivity index is 0.00000106. The van der Waals surface area contributed by atoms with Crippen molar-refractivity contribution in [1.82, 2.24) is 0 Å². The molecule has 0 amide bonds. The van der Waals surface area contributed by atoms with E-state index in [1.54, 1.807) is 0 Å². The molecule has 0 aliphatic heterocycles.